The highest BCUT2D eigenvalue weighted by atomic mass is 16.5. The van der Waals surface area contributed by atoms with E-state index < -0.39 is 29.5 Å². The van der Waals surface area contributed by atoms with Gasteiger partial charge in [0.15, 0.2) is 0 Å². The van der Waals surface area contributed by atoms with Crippen LogP contribution in [0.4, 0.5) is 0 Å². The SMILES string of the molecule is C=CC(=O)N1CC(CN2CC[C@H](C)[C@H]2C(=O)N[C@H]2Cc3cccc(c3)-c3ccc4c(c3)c(c(-c3cccnc3[C@H](C)OC)n4CC)CC(C)(C)COC(=O)[C@@H]3CCCN(N3)C2=O)C1. The number of amides is 3. The molecular weight excluding hydrogens is 795 g/mol. The molecule has 4 aromatic rings. The van der Waals surface area contributed by atoms with Crippen LogP contribution >= 0.6 is 0 Å². The van der Waals surface area contributed by atoms with Gasteiger partial charge in [0.25, 0.3) is 5.91 Å². The van der Waals surface area contributed by atoms with Crippen molar-refractivity contribution < 1.29 is 28.7 Å². The first-order valence-corrected chi connectivity index (χ1v) is 22.7. The van der Waals surface area contributed by atoms with E-state index in [2.05, 4.69) is 90.9 Å². The van der Waals surface area contributed by atoms with Crippen molar-refractivity contribution >= 4 is 34.6 Å². The summed E-state index contributed by atoms with van der Waals surface area (Å²) in [5, 5.41) is 5.84. The fourth-order valence-electron chi connectivity index (χ4n) is 10.2. The number of hydrazine groups is 1. The molecule has 334 valence electrons. The highest BCUT2D eigenvalue weighted by Crippen LogP contribution is 2.42. The number of fused-ring (bicyclic) bond motifs is 6. The van der Waals surface area contributed by atoms with Gasteiger partial charge in [-0.15, -0.1) is 0 Å². The van der Waals surface area contributed by atoms with Crippen molar-refractivity contribution in [1.29, 1.82) is 0 Å². The summed E-state index contributed by atoms with van der Waals surface area (Å²) in [4.78, 5) is 63.9. The topological polar surface area (TPSA) is 138 Å². The number of carbonyl (C=O) groups is 4. The van der Waals surface area contributed by atoms with Crippen LogP contribution in [0, 0.1) is 17.3 Å². The Bertz CT molecular complexity index is 2390. The number of nitrogens with zero attached hydrogens (tertiary/aromatic N) is 5. The molecule has 2 aromatic heterocycles. The number of pyridine rings is 1. The van der Waals surface area contributed by atoms with Crippen molar-refractivity contribution in [1.82, 2.24) is 35.1 Å². The first kappa shape index (κ1) is 44.2. The lowest BCUT2D eigenvalue weighted by atomic mass is 9.84. The molecule has 0 aliphatic carbocycles. The second kappa shape index (κ2) is 18.4. The van der Waals surface area contributed by atoms with Gasteiger partial charge in [-0.25, -0.2) is 5.43 Å². The van der Waals surface area contributed by atoms with Crippen molar-refractivity contribution in [3.8, 4) is 22.4 Å². The van der Waals surface area contributed by atoms with E-state index in [0.717, 1.165) is 69.6 Å². The van der Waals surface area contributed by atoms with E-state index in [1.54, 1.807) is 12.0 Å². The maximum Gasteiger partial charge on any atom is 0.324 e. The Kier molecular flexibility index (Phi) is 12.9. The third-order valence-corrected chi connectivity index (χ3v) is 13.6. The summed E-state index contributed by atoms with van der Waals surface area (Å²) in [5.41, 5.74) is 10.9. The molecule has 3 fully saturated rings. The molecule has 4 aliphatic heterocycles. The Morgan fingerprint density at radius 2 is 1.87 bits per heavy atom. The van der Waals surface area contributed by atoms with Crippen molar-refractivity contribution in [3.63, 3.8) is 0 Å². The number of rotatable bonds is 9. The van der Waals surface area contributed by atoms with Gasteiger partial charge in [-0.05, 0) is 105 Å². The summed E-state index contributed by atoms with van der Waals surface area (Å²) >= 11 is 0. The van der Waals surface area contributed by atoms with Crippen LogP contribution in [0.1, 0.15) is 76.8 Å². The lowest BCUT2D eigenvalue weighted by Crippen LogP contribution is -2.62. The minimum atomic E-state index is -0.898. The highest BCUT2D eigenvalue weighted by molar-refractivity contribution is 5.96. The van der Waals surface area contributed by atoms with Crippen molar-refractivity contribution in [3.05, 3.63) is 90.3 Å². The highest BCUT2D eigenvalue weighted by Gasteiger charge is 2.42. The van der Waals surface area contributed by atoms with Crippen molar-refractivity contribution in [2.24, 2.45) is 17.3 Å². The first-order valence-electron chi connectivity index (χ1n) is 22.7. The van der Waals surface area contributed by atoms with Crippen LogP contribution in [0.3, 0.4) is 0 Å². The lowest BCUT2D eigenvalue weighted by Gasteiger charge is -2.41. The predicted molar refractivity (Wildman–Crippen MR) is 243 cm³/mol. The number of cyclic esters (lactones) is 1. The van der Waals surface area contributed by atoms with Gasteiger partial charge in [-0.2, -0.15) is 0 Å². The third-order valence-electron chi connectivity index (χ3n) is 13.6. The lowest BCUT2D eigenvalue weighted by molar-refractivity contribution is -0.155. The third kappa shape index (κ3) is 9.05. The molecule has 6 bridgehead atoms. The number of likely N-dealkylation sites (tertiary alicyclic amines) is 2. The van der Waals surface area contributed by atoms with Crippen molar-refractivity contribution in [2.45, 2.75) is 97.5 Å². The fourth-order valence-corrected chi connectivity index (χ4v) is 10.2. The summed E-state index contributed by atoms with van der Waals surface area (Å²) in [5.74, 6) is -0.602. The Balaban J connectivity index is 1.17. The van der Waals surface area contributed by atoms with Gasteiger partial charge in [0.05, 0.1) is 30.1 Å². The molecule has 0 unspecified atom stereocenters. The van der Waals surface area contributed by atoms with Gasteiger partial charge in [0.1, 0.15) is 12.1 Å². The molecule has 13 nitrogen and oxygen atoms in total. The normalized spacial score (nSPS) is 23.8. The molecule has 0 spiro atoms. The largest absolute Gasteiger partial charge is 0.464 e. The maximum absolute atomic E-state index is 14.7. The number of benzene rings is 2. The fraction of sp³-hybridized carbons (Fsp3) is 0.500. The number of ether oxygens (including phenoxy) is 2. The van der Waals surface area contributed by atoms with Crippen LogP contribution in [0.15, 0.2) is 73.4 Å². The summed E-state index contributed by atoms with van der Waals surface area (Å²) in [6, 6.07) is 16.9. The zero-order valence-corrected chi connectivity index (χ0v) is 37.7. The molecule has 0 radical (unpaired) electrons. The van der Waals surface area contributed by atoms with Crippen LogP contribution in [-0.4, -0.2) is 113 Å². The van der Waals surface area contributed by atoms with E-state index in [9.17, 15) is 19.2 Å². The van der Waals surface area contributed by atoms with Crippen LogP contribution in [0.5, 0.6) is 0 Å². The standard InChI is InChI=1S/C50H63N7O6/c1-8-43(58)55-28-34(29-55)27-54-22-19-31(3)45(54)47(59)52-41-24-33-13-10-14-35(23-33)36-17-18-42-38(25-36)39(46(56(42)9-2)37-15-11-20-51-44(37)32(4)62-7)26-50(5,6)30-63-49(61)40-16-12-21-57(53-40)48(41)60/h8,10-11,13-15,17-18,20,23,25,31-32,34,40-41,45,53H,1,9,12,16,19,21-22,24,26-30H2,2-7H3,(H,52,59)/t31-,32-,40-,41-,45-/m0/s1. The molecule has 2 N–H and O–H groups in total. The minimum absolute atomic E-state index is 0.0722. The average molecular weight is 858 g/mol. The Morgan fingerprint density at radius 3 is 2.63 bits per heavy atom. The quantitative estimate of drug-likeness (QED) is 0.151. The number of hydrogen-bond acceptors (Lipinski definition) is 9. The molecule has 3 amide bonds. The second-order valence-electron chi connectivity index (χ2n) is 18.9. The van der Waals surface area contributed by atoms with Crippen LogP contribution < -0.4 is 10.7 Å². The summed E-state index contributed by atoms with van der Waals surface area (Å²) < 4.78 is 14.3. The maximum atomic E-state index is 14.7. The molecule has 0 saturated carbocycles. The summed E-state index contributed by atoms with van der Waals surface area (Å²) in [6.45, 7) is 18.2. The predicted octanol–water partition coefficient (Wildman–Crippen LogP) is 6.10. The second-order valence-corrected chi connectivity index (χ2v) is 18.9. The van der Waals surface area contributed by atoms with Gasteiger partial charge in [0, 0.05) is 80.3 Å². The van der Waals surface area contributed by atoms with E-state index in [-0.39, 0.29) is 48.7 Å². The monoisotopic (exact) mass is 857 g/mol. The van der Waals surface area contributed by atoms with Crippen molar-refractivity contribution in [2.75, 3.05) is 46.4 Å². The van der Waals surface area contributed by atoms with E-state index in [0.29, 0.717) is 45.4 Å². The molecule has 63 heavy (non-hydrogen) atoms. The van der Waals surface area contributed by atoms with Gasteiger partial charge < -0.3 is 24.3 Å². The Morgan fingerprint density at radius 1 is 1.08 bits per heavy atom. The Hall–Kier alpha value is -5.37. The minimum Gasteiger partial charge on any atom is -0.464 e. The van der Waals surface area contributed by atoms with E-state index in [4.69, 9.17) is 14.5 Å². The van der Waals surface area contributed by atoms with Gasteiger partial charge in [0.2, 0.25) is 11.8 Å². The summed E-state index contributed by atoms with van der Waals surface area (Å²) in [6.07, 6.45) is 5.78. The van der Waals surface area contributed by atoms with Gasteiger partial charge >= 0.3 is 5.97 Å². The molecule has 6 heterocycles. The number of aromatic nitrogens is 2. The average Bonchev–Trinajstić information content (AvgIpc) is 3.80. The van der Waals surface area contributed by atoms with E-state index >= 15 is 0 Å². The molecule has 8 rings (SSSR count). The van der Waals surface area contributed by atoms with Gasteiger partial charge in [-0.1, -0.05) is 57.7 Å². The van der Waals surface area contributed by atoms with Crippen LogP contribution in [0.2, 0.25) is 0 Å². The van der Waals surface area contributed by atoms with E-state index in [1.807, 2.05) is 31.3 Å². The van der Waals surface area contributed by atoms with Crippen LogP contribution in [0.25, 0.3) is 33.3 Å². The summed E-state index contributed by atoms with van der Waals surface area (Å²) in [7, 11) is 1.70. The zero-order chi connectivity index (χ0) is 44.6. The van der Waals surface area contributed by atoms with Gasteiger partial charge in [-0.3, -0.25) is 34.1 Å². The smallest absolute Gasteiger partial charge is 0.324 e. The molecule has 13 heteroatoms. The molecule has 3 saturated heterocycles. The number of esters is 1. The number of methoxy groups -OCH3 is 1. The molecule has 5 atom stereocenters. The van der Waals surface area contributed by atoms with Crippen LogP contribution in [-0.2, 0) is 48.0 Å². The number of aryl methyl sites for hydroxylation is 1. The zero-order valence-electron chi connectivity index (χ0n) is 37.7. The first-order chi connectivity index (χ1) is 30.3. The van der Waals surface area contributed by atoms with E-state index in [1.165, 1.54) is 11.1 Å². The Labute approximate surface area is 371 Å². The number of nitrogens with one attached hydrogen (secondary N) is 2. The molecular formula is C50H63N7O6. The molecule has 2 aromatic carbocycles. The number of hydrogen-bond donors (Lipinski definition) is 2. The molecule has 4 aliphatic rings. The number of carbonyl (C=O) groups excluding carboxylic acids is 4.